The predicted molar refractivity (Wildman–Crippen MR) is 59.7 cm³/mol. The van der Waals surface area contributed by atoms with Crippen LogP contribution in [0.4, 0.5) is 4.79 Å². The van der Waals surface area contributed by atoms with Gasteiger partial charge in [0.25, 0.3) is 0 Å². The number of likely N-dealkylation sites (tertiary alicyclic amines) is 1. The first-order valence-electron chi connectivity index (χ1n) is 5.97. The van der Waals surface area contributed by atoms with E-state index in [0.29, 0.717) is 25.9 Å². The lowest BCUT2D eigenvalue weighted by Gasteiger charge is -2.36. The van der Waals surface area contributed by atoms with Gasteiger partial charge in [0, 0.05) is 12.6 Å². The van der Waals surface area contributed by atoms with E-state index < -0.39 is 5.97 Å². The number of alkyl carbamates (subject to hydrolysis) is 1. The van der Waals surface area contributed by atoms with Crippen LogP contribution in [0.1, 0.15) is 19.8 Å². The Kier molecular flexibility index (Phi) is 3.51. The molecule has 2 saturated heterocycles. The van der Waals surface area contributed by atoms with Crippen molar-refractivity contribution in [3.8, 4) is 0 Å². The number of hydrogen-bond acceptors (Lipinski definition) is 4. The molecule has 2 heterocycles. The van der Waals surface area contributed by atoms with E-state index in [1.54, 1.807) is 0 Å². The van der Waals surface area contributed by atoms with Gasteiger partial charge >= 0.3 is 12.1 Å². The highest BCUT2D eigenvalue weighted by Gasteiger charge is 2.32. The Balaban J connectivity index is 1.83. The van der Waals surface area contributed by atoms with E-state index >= 15 is 0 Å². The predicted octanol–water partition coefficient (Wildman–Crippen LogP) is 0.280. The number of carbonyl (C=O) groups is 2. The van der Waals surface area contributed by atoms with Crippen molar-refractivity contribution < 1.29 is 19.4 Å². The third kappa shape index (κ3) is 2.88. The van der Waals surface area contributed by atoms with Gasteiger partial charge in [-0.05, 0) is 26.3 Å². The van der Waals surface area contributed by atoms with Crippen molar-refractivity contribution >= 4 is 12.1 Å². The van der Waals surface area contributed by atoms with Gasteiger partial charge in [-0.2, -0.15) is 0 Å². The molecule has 0 saturated carbocycles. The smallest absolute Gasteiger partial charge is 0.407 e. The molecule has 6 heteroatoms. The van der Waals surface area contributed by atoms with Crippen LogP contribution in [0.25, 0.3) is 0 Å². The minimum absolute atomic E-state index is 0.105. The van der Waals surface area contributed by atoms with Crippen molar-refractivity contribution in [2.24, 2.45) is 5.92 Å². The van der Waals surface area contributed by atoms with Crippen molar-refractivity contribution in [3.05, 3.63) is 0 Å². The lowest BCUT2D eigenvalue weighted by molar-refractivity contribution is -0.144. The number of rotatable bonds is 3. The number of carboxylic acids is 1. The first-order valence-corrected chi connectivity index (χ1v) is 5.97. The molecule has 1 amide bonds. The largest absolute Gasteiger partial charge is 0.481 e. The molecule has 3 unspecified atom stereocenters. The number of ether oxygens (including phenoxy) is 1. The van der Waals surface area contributed by atoms with Crippen molar-refractivity contribution in [2.75, 3.05) is 19.6 Å². The third-order valence-electron chi connectivity index (χ3n) is 3.55. The second-order valence-corrected chi connectivity index (χ2v) is 4.81. The molecule has 17 heavy (non-hydrogen) atoms. The molecule has 0 bridgehead atoms. The van der Waals surface area contributed by atoms with Crippen LogP contribution in [0.2, 0.25) is 0 Å². The number of nitrogens with zero attached hydrogens (tertiary/aromatic N) is 1. The molecule has 96 valence electrons. The van der Waals surface area contributed by atoms with E-state index in [1.807, 2.05) is 6.92 Å². The molecular weight excluding hydrogens is 224 g/mol. The van der Waals surface area contributed by atoms with Crippen LogP contribution in [0.3, 0.4) is 0 Å². The summed E-state index contributed by atoms with van der Waals surface area (Å²) in [6, 6.07) is 0.226. The fourth-order valence-corrected chi connectivity index (χ4v) is 2.51. The highest BCUT2D eigenvalue weighted by Crippen LogP contribution is 2.23. The second-order valence-electron chi connectivity index (χ2n) is 4.81. The number of carbonyl (C=O) groups excluding carboxylic acids is 1. The molecule has 0 aromatic heterocycles. The van der Waals surface area contributed by atoms with Crippen LogP contribution in [0, 0.1) is 5.92 Å². The van der Waals surface area contributed by atoms with Crippen LogP contribution >= 0.6 is 0 Å². The zero-order chi connectivity index (χ0) is 12.4. The van der Waals surface area contributed by atoms with Gasteiger partial charge in [0.1, 0.15) is 6.10 Å². The molecule has 0 radical (unpaired) electrons. The summed E-state index contributed by atoms with van der Waals surface area (Å²) >= 11 is 0. The number of aliphatic carboxylic acids is 1. The first kappa shape index (κ1) is 12.2. The van der Waals surface area contributed by atoms with Crippen LogP contribution < -0.4 is 5.32 Å². The molecule has 0 spiro atoms. The number of amides is 1. The lowest BCUT2D eigenvalue weighted by Crippen LogP contribution is -2.46. The van der Waals surface area contributed by atoms with Gasteiger partial charge in [0.15, 0.2) is 0 Å². The highest BCUT2D eigenvalue weighted by molar-refractivity contribution is 5.70. The number of piperidine rings is 1. The Morgan fingerprint density at radius 1 is 1.65 bits per heavy atom. The molecule has 6 nitrogen and oxygen atoms in total. The Morgan fingerprint density at radius 3 is 2.94 bits per heavy atom. The van der Waals surface area contributed by atoms with Crippen LogP contribution in [0.15, 0.2) is 0 Å². The van der Waals surface area contributed by atoms with Gasteiger partial charge in [-0.25, -0.2) is 4.79 Å². The van der Waals surface area contributed by atoms with Gasteiger partial charge in [0.2, 0.25) is 0 Å². The average Bonchev–Trinajstić information content (AvgIpc) is 2.67. The highest BCUT2D eigenvalue weighted by atomic mass is 16.6. The van der Waals surface area contributed by atoms with E-state index in [1.165, 1.54) is 0 Å². The molecule has 0 aliphatic carbocycles. The van der Waals surface area contributed by atoms with E-state index in [4.69, 9.17) is 9.84 Å². The minimum atomic E-state index is -0.703. The van der Waals surface area contributed by atoms with Gasteiger partial charge in [-0.15, -0.1) is 0 Å². The monoisotopic (exact) mass is 242 g/mol. The standard InChI is InChI=1S/C11H18N2O4/c1-7-4-8(10(14)15)2-3-13(7)6-9-5-12-11(16)17-9/h7-9H,2-6H2,1H3,(H,12,16)(H,14,15). The topological polar surface area (TPSA) is 78.9 Å². The number of carboxylic acid groups (broad SMARTS) is 1. The molecular formula is C11H18N2O4. The summed E-state index contributed by atoms with van der Waals surface area (Å²) in [5, 5.41) is 11.6. The number of hydrogen-bond donors (Lipinski definition) is 2. The maximum Gasteiger partial charge on any atom is 0.407 e. The summed E-state index contributed by atoms with van der Waals surface area (Å²) in [6.45, 7) is 4.02. The van der Waals surface area contributed by atoms with Gasteiger partial charge < -0.3 is 15.2 Å². The summed E-state index contributed by atoms with van der Waals surface area (Å²) in [6.07, 6.45) is 0.881. The summed E-state index contributed by atoms with van der Waals surface area (Å²) in [7, 11) is 0. The first-order chi connectivity index (χ1) is 8.06. The van der Waals surface area contributed by atoms with Crippen molar-refractivity contribution in [3.63, 3.8) is 0 Å². The van der Waals surface area contributed by atoms with E-state index in [9.17, 15) is 9.59 Å². The molecule has 2 aliphatic heterocycles. The fourth-order valence-electron chi connectivity index (χ4n) is 2.51. The van der Waals surface area contributed by atoms with Crippen molar-refractivity contribution in [1.82, 2.24) is 10.2 Å². The van der Waals surface area contributed by atoms with Gasteiger partial charge in [-0.3, -0.25) is 9.69 Å². The summed E-state index contributed by atoms with van der Waals surface area (Å²) < 4.78 is 5.08. The zero-order valence-electron chi connectivity index (χ0n) is 9.89. The zero-order valence-corrected chi connectivity index (χ0v) is 9.89. The van der Waals surface area contributed by atoms with E-state index in [-0.39, 0.29) is 24.2 Å². The van der Waals surface area contributed by atoms with Crippen molar-refractivity contribution in [1.29, 1.82) is 0 Å². The Labute approximate surface area is 99.9 Å². The third-order valence-corrected chi connectivity index (χ3v) is 3.55. The quantitative estimate of drug-likeness (QED) is 0.743. The fraction of sp³-hybridized carbons (Fsp3) is 0.818. The molecule has 2 aliphatic rings. The lowest BCUT2D eigenvalue weighted by atomic mass is 9.91. The number of cyclic esters (lactones) is 1. The normalized spacial score (nSPS) is 34.2. The summed E-state index contributed by atoms with van der Waals surface area (Å²) in [5.41, 5.74) is 0. The SMILES string of the molecule is CC1CC(C(=O)O)CCN1CC1CNC(=O)O1. The summed E-state index contributed by atoms with van der Waals surface area (Å²) in [5.74, 6) is -0.934. The maximum atomic E-state index is 10.9. The van der Waals surface area contributed by atoms with Crippen LogP contribution in [-0.4, -0.2) is 53.8 Å². The average molecular weight is 242 g/mol. The summed E-state index contributed by atoms with van der Waals surface area (Å²) in [4.78, 5) is 24.0. The molecule has 3 atom stereocenters. The van der Waals surface area contributed by atoms with Crippen LogP contribution in [-0.2, 0) is 9.53 Å². The van der Waals surface area contributed by atoms with Crippen LogP contribution in [0.5, 0.6) is 0 Å². The second kappa shape index (κ2) is 4.91. The molecule has 0 aromatic rings. The van der Waals surface area contributed by atoms with Gasteiger partial charge in [0.05, 0.1) is 12.5 Å². The Morgan fingerprint density at radius 2 is 2.41 bits per heavy atom. The molecule has 0 aromatic carbocycles. The molecule has 2 fully saturated rings. The Bertz CT molecular complexity index is 321. The van der Waals surface area contributed by atoms with E-state index in [0.717, 1.165) is 6.54 Å². The number of nitrogens with one attached hydrogen (secondary N) is 1. The van der Waals surface area contributed by atoms with E-state index in [2.05, 4.69) is 10.2 Å². The molecule has 2 N–H and O–H groups in total. The Hall–Kier alpha value is -1.30. The van der Waals surface area contributed by atoms with Gasteiger partial charge in [-0.1, -0.05) is 0 Å². The minimum Gasteiger partial charge on any atom is -0.481 e. The van der Waals surface area contributed by atoms with Crippen molar-refractivity contribution in [2.45, 2.75) is 31.9 Å². The maximum absolute atomic E-state index is 10.9. The molecule has 2 rings (SSSR count).